The van der Waals surface area contributed by atoms with Crippen molar-refractivity contribution in [2.75, 3.05) is 26.7 Å². The van der Waals surface area contributed by atoms with E-state index in [1.807, 2.05) is 6.07 Å². The predicted molar refractivity (Wildman–Crippen MR) is 89.1 cm³/mol. The van der Waals surface area contributed by atoms with Crippen molar-refractivity contribution in [2.45, 2.75) is 51.6 Å². The highest BCUT2D eigenvalue weighted by Gasteiger charge is 2.31. The summed E-state index contributed by atoms with van der Waals surface area (Å²) in [4.78, 5) is 2.48. The molecule has 2 rings (SSSR count). The molecule has 3 nitrogen and oxygen atoms in total. The van der Waals surface area contributed by atoms with E-state index in [1.165, 1.54) is 18.4 Å². The summed E-state index contributed by atoms with van der Waals surface area (Å²) in [6.07, 6.45) is 2.49. The predicted octanol–water partition coefficient (Wildman–Crippen LogP) is 3.26. The molecular formula is C18H30N2O. The van der Waals surface area contributed by atoms with Crippen LogP contribution < -0.4 is 10.1 Å². The van der Waals surface area contributed by atoms with Crippen molar-refractivity contribution >= 4 is 0 Å². The second kappa shape index (κ2) is 7.81. The molecular weight excluding hydrogens is 260 g/mol. The number of nitrogens with zero attached hydrogens (tertiary/aromatic N) is 1. The van der Waals surface area contributed by atoms with Gasteiger partial charge in [-0.05, 0) is 56.5 Å². The monoisotopic (exact) mass is 290 g/mol. The van der Waals surface area contributed by atoms with Gasteiger partial charge in [-0.2, -0.15) is 0 Å². The van der Waals surface area contributed by atoms with Gasteiger partial charge in [0.1, 0.15) is 5.75 Å². The largest absolute Gasteiger partial charge is 0.497 e. The van der Waals surface area contributed by atoms with E-state index in [0.29, 0.717) is 18.0 Å². The van der Waals surface area contributed by atoms with Crippen molar-refractivity contribution in [2.24, 2.45) is 0 Å². The van der Waals surface area contributed by atoms with Crippen LogP contribution in [-0.4, -0.2) is 43.7 Å². The Labute approximate surface area is 129 Å². The molecule has 0 aromatic heterocycles. The molecule has 0 aliphatic heterocycles. The third-order valence-electron chi connectivity index (χ3n) is 4.65. The van der Waals surface area contributed by atoms with Crippen molar-refractivity contribution in [3.63, 3.8) is 0 Å². The van der Waals surface area contributed by atoms with Crippen LogP contribution >= 0.6 is 0 Å². The van der Waals surface area contributed by atoms with Gasteiger partial charge in [-0.25, -0.2) is 0 Å². The molecule has 3 heteroatoms. The zero-order valence-electron chi connectivity index (χ0n) is 13.9. The highest BCUT2D eigenvalue weighted by Crippen LogP contribution is 2.38. The fraction of sp³-hybridized carbons (Fsp3) is 0.667. The first-order valence-corrected chi connectivity index (χ1v) is 8.28. The minimum atomic E-state index is 0.571. The Morgan fingerprint density at radius 2 is 2.00 bits per heavy atom. The van der Waals surface area contributed by atoms with E-state index in [1.54, 1.807) is 7.11 Å². The molecule has 0 saturated heterocycles. The molecule has 1 N–H and O–H groups in total. The third-order valence-corrected chi connectivity index (χ3v) is 4.65. The van der Waals surface area contributed by atoms with Crippen molar-refractivity contribution in [1.29, 1.82) is 0 Å². The van der Waals surface area contributed by atoms with Gasteiger partial charge >= 0.3 is 0 Å². The van der Waals surface area contributed by atoms with Gasteiger partial charge in [0.15, 0.2) is 0 Å². The highest BCUT2D eigenvalue weighted by molar-refractivity contribution is 5.32. The summed E-state index contributed by atoms with van der Waals surface area (Å²) in [5, 5.41) is 3.77. The van der Waals surface area contributed by atoms with E-state index in [4.69, 9.17) is 4.74 Å². The maximum absolute atomic E-state index is 5.31. The van der Waals surface area contributed by atoms with Gasteiger partial charge < -0.3 is 15.0 Å². The van der Waals surface area contributed by atoms with Crippen LogP contribution in [0, 0.1) is 0 Å². The summed E-state index contributed by atoms with van der Waals surface area (Å²) < 4.78 is 5.31. The maximum Gasteiger partial charge on any atom is 0.119 e. The van der Waals surface area contributed by atoms with Crippen LogP contribution in [0.25, 0.3) is 0 Å². The molecule has 1 aromatic carbocycles. The molecule has 0 heterocycles. The fourth-order valence-electron chi connectivity index (χ4n) is 3.25. The first-order valence-electron chi connectivity index (χ1n) is 8.28. The van der Waals surface area contributed by atoms with Crippen LogP contribution in [0.15, 0.2) is 24.3 Å². The van der Waals surface area contributed by atoms with E-state index >= 15 is 0 Å². The molecule has 0 amide bonds. The van der Waals surface area contributed by atoms with E-state index in [2.05, 4.69) is 49.2 Å². The number of hydrogen-bond acceptors (Lipinski definition) is 3. The van der Waals surface area contributed by atoms with Crippen molar-refractivity contribution in [3.05, 3.63) is 29.8 Å². The number of rotatable bonds is 8. The third kappa shape index (κ3) is 4.45. The Morgan fingerprint density at radius 3 is 2.62 bits per heavy atom. The fourth-order valence-corrected chi connectivity index (χ4v) is 3.25. The molecule has 1 aliphatic rings. The number of ether oxygens (including phenoxy) is 1. The second-order valence-corrected chi connectivity index (χ2v) is 6.20. The van der Waals surface area contributed by atoms with E-state index in [0.717, 1.165) is 25.4 Å². The molecule has 1 aromatic rings. The molecule has 1 fully saturated rings. The van der Waals surface area contributed by atoms with Crippen molar-refractivity contribution < 1.29 is 4.74 Å². The second-order valence-electron chi connectivity index (χ2n) is 6.20. The summed E-state index contributed by atoms with van der Waals surface area (Å²) in [6, 6.07) is 9.76. The number of likely N-dealkylation sites (N-methyl/N-ethyl adjacent to an activating group) is 1. The summed E-state index contributed by atoms with van der Waals surface area (Å²) in [6.45, 7) is 10.2. The smallest absolute Gasteiger partial charge is 0.119 e. The average Bonchev–Trinajstić information content (AvgIpc) is 2.48. The highest BCUT2D eigenvalue weighted by atomic mass is 16.5. The normalized spacial score (nSPS) is 22.9. The van der Waals surface area contributed by atoms with Gasteiger partial charge in [-0.15, -0.1) is 0 Å². The molecule has 1 unspecified atom stereocenters. The lowest BCUT2D eigenvalue weighted by Crippen LogP contribution is -2.48. The Balaban J connectivity index is 1.76. The molecule has 21 heavy (non-hydrogen) atoms. The summed E-state index contributed by atoms with van der Waals surface area (Å²) in [5.74, 6) is 1.66. The summed E-state index contributed by atoms with van der Waals surface area (Å²) >= 11 is 0. The molecule has 0 radical (unpaired) electrons. The van der Waals surface area contributed by atoms with E-state index in [9.17, 15) is 0 Å². The van der Waals surface area contributed by atoms with Gasteiger partial charge in [0.2, 0.25) is 0 Å². The van der Waals surface area contributed by atoms with Crippen molar-refractivity contribution in [3.8, 4) is 5.75 Å². The van der Waals surface area contributed by atoms with E-state index < -0.39 is 0 Å². The van der Waals surface area contributed by atoms with Crippen LogP contribution in [0.5, 0.6) is 5.75 Å². The van der Waals surface area contributed by atoms with Crippen LogP contribution in [0.4, 0.5) is 0 Å². The Morgan fingerprint density at radius 1 is 1.29 bits per heavy atom. The van der Waals surface area contributed by atoms with Crippen LogP contribution in [0.1, 0.15) is 45.1 Å². The zero-order chi connectivity index (χ0) is 15.2. The van der Waals surface area contributed by atoms with Gasteiger partial charge in [0, 0.05) is 18.6 Å². The standard InChI is InChI=1S/C18H30N2O/c1-5-20(6-2)13-14(3)19-17-10-16(11-17)15-8-7-9-18(12-15)21-4/h7-9,12,14,16-17,19H,5-6,10-11,13H2,1-4H3. The summed E-state index contributed by atoms with van der Waals surface area (Å²) in [7, 11) is 1.74. The van der Waals surface area contributed by atoms with Crippen molar-refractivity contribution in [1.82, 2.24) is 10.2 Å². The quantitative estimate of drug-likeness (QED) is 0.795. The molecule has 118 valence electrons. The molecule has 0 bridgehead atoms. The van der Waals surface area contributed by atoms with Crippen LogP contribution in [0.3, 0.4) is 0 Å². The first kappa shape index (κ1) is 16.3. The zero-order valence-corrected chi connectivity index (χ0v) is 13.9. The lowest BCUT2D eigenvalue weighted by molar-refractivity contribution is 0.221. The van der Waals surface area contributed by atoms with Crippen LogP contribution in [0.2, 0.25) is 0 Å². The van der Waals surface area contributed by atoms with Gasteiger partial charge in [-0.1, -0.05) is 26.0 Å². The average molecular weight is 290 g/mol. The SMILES string of the molecule is CCN(CC)CC(C)NC1CC(c2cccc(OC)c2)C1. The minimum Gasteiger partial charge on any atom is -0.497 e. The number of benzene rings is 1. The van der Waals surface area contributed by atoms with Gasteiger partial charge in [-0.3, -0.25) is 0 Å². The molecule has 0 spiro atoms. The van der Waals surface area contributed by atoms with E-state index in [-0.39, 0.29) is 0 Å². The van der Waals surface area contributed by atoms with Crippen LogP contribution in [-0.2, 0) is 0 Å². The topological polar surface area (TPSA) is 24.5 Å². The first-order chi connectivity index (χ1) is 10.2. The number of hydrogen-bond donors (Lipinski definition) is 1. The minimum absolute atomic E-state index is 0.571. The molecule has 1 aliphatic carbocycles. The number of nitrogens with one attached hydrogen (secondary N) is 1. The Hall–Kier alpha value is -1.06. The molecule has 1 saturated carbocycles. The molecule has 1 atom stereocenters. The Bertz CT molecular complexity index is 425. The Kier molecular flexibility index (Phi) is 6.07. The lowest BCUT2D eigenvalue weighted by Gasteiger charge is -2.39. The van der Waals surface area contributed by atoms with Gasteiger partial charge in [0.05, 0.1) is 7.11 Å². The van der Waals surface area contributed by atoms with Gasteiger partial charge in [0.25, 0.3) is 0 Å². The number of methoxy groups -OCH3 is 1. The summed E-state index contributed by atoms with van der Waals surface area (Å²) in [5.41, 5.74) is 1.42. The lowest BCUT2D eigenvalue weighted by atomic mass is 9.75. The maximum atomic E-state index is 5.31.